The molecule has 0 saturated heterocycles. The van der Waals surface area contributed by atoms with Crippen LogP contribution in [0.25, 0.3) is 0 Å². The lowest BCUT2D eigenvalue weighted by Gasteiger charge is -2.20. The summed E-state index contributed by atoms with van der Waals surface area (Å²) in [6.07, 6.45) is 3.12. The normalized spacial score (nSPS) is 14.1. The Morgan fingerprint density at radius 2 is 2.25 bits per heavy atom. The van der Waals surface area contributed by atoms with Gasteiger partial charge < -0.3 is 0 Å². The minimum absolute atomic E-state index is 0.404. The van der Waals surface area contributed by atoms with Gasteiger partial charge in [0.2, 0.25) is 0 Å². The average molecular weight is 168 g/mol. The molecule has 0 heterocycles. The van der Waals surface area contributed by atoms with Crippen LogP contribution in [0.1, 0.15) is 27.2 Å². The van der Waals surface area contributed by atoms with Crippen molar-refractivity contribution in [2.45, 2.75) is 33.2 Å². The Kier molecular flexibility index (Phi) is 5.64. The molecule has 0 saturated carbocycles. The van der Waals surface area contributed by atoms with Gasteiger partial charge in [-0.3, -0.25) is 9.89 Å². The van der Waals surface area contributed by atoms with E-state index in [4.69, 9.17) is 0 Å². The fourth-order valence-corrected chi connectivity index (χ4v) is 0.905. The van der Waals surface area contributed by atoms with E-state index in [-0.39, 0.29) is 0 Å². The van der Waals surface area contributed by atoms with Gasteiger partial charge in [-0.2, -0.15) is 0 Å². The smallest absolute Gasteiger partial charge is 0.0419 e. The lowest BCUT2D eigenvalue weighted by atomic mass is 10.3. The first kappa shape index (κ1) is 11.4. The highest BCUT2D eigenvalue weighted by Gasteiger charge is 2.03. The van der Waals surface area contributed by atoms with Gasteiger partial charge in [-0.15, -0.1) is 0 Å². The highest BCUT2D eigenvalue weighted by molar-refractivity contribution is 5.64. The van der Waals surface area contributed by atoms with Crippen molar-refractivity contribution in [3.63, 3.8) is 0 Å². The fraction of sp³-hybridized carbons (Fsp3) is 0.700. The van der Waals surface area contributed by atoms with Crippen LogP contribution in [0.3, 0.4) is 0 Å². The minimum Gasteiger partial charge on any atom is -0.299 e. The Morgan fingerprint density at radius 1 is 1.67 bits per heavy atom. The highest BCUT2D eigenvalue weighted by atomic mass is 15.1. The molecule has 0 fully saturated rings. The molecule has 2 nitrogen and oxygen atoms in total. The van der Waals surface area contributed by atoms with Crippen LogP contribution in [0.4, 0.5) is 0 Å². The minimum atomic E-state index is 0.404. The molecule has 12 heavy (non-hydrogen) atoms. The third-order valence-electron chi connectivity index (χ3n) is 1.78. The summed E-state index contributed by atoms with van der Waals surface area (Å²) in [4.78, 5) is 6.44. The molecule has 2 heteroatoms. The van der Waals surface area contributed by atoms with E-state index >= 15 is 0 Å². The molecule has 0 radical (unpaired) electrons. The van der Waals surface area contributed by atoms with Crippen molar-refractivity contribution < 1.29 is 0 Å². The number of allylic oxidation sites excluding steroid dienone is 1. The zero-order chi connectivity index (χ0) is 9.56. The zero-order valence-electron chi connectivity index (χ0n) is 8.67. The molecule has 0 spiro atoms. The average Bonchev–Trinajstić information content (AvgIpc) is 2.00. The maximum absolute atomic E-state index is 4.17. The van der Waals surface area contributed by atoms with E-state index < -0.39 is 0 Å². The number of nitrogens with zero attached hydrogens (tertiary/aromatic N) is 2. The first-order valence-corrected chi connectivity index (χ1v) is 4.47. The summed E-state index contributed by atoms with van der Waals surface area (Å²) >= 11 is 0. The molecule has 0 bridgehead atoms. The first-order valence-electron chi connectivity index (χ1n) is 4.47. The zero-order valence-corrected chi connectivity index (χ0v) is 8.67. The van der Waals surface area contributed by atoms with Crippen molar-refractivity contribution in [2.24, 2.45) is 4.99 Å². The third kappa shape index (κ3) is 5.08. The van der Waals surface area contributed by atoms with Gasteiger partial charge in [-0.1, -0.05) is 13.5 Å². The predicted molar refractivity (Wildman–Crippen MR) is 55.7 cm³/mol. The highest BCUT2D eigenvalue weighted by Crippen LogP contribution is 1.95. The van der Waals surface area contributed by atoms with Crippen LogP contribution in [-0.2, 0) is 0 Å². The molecule has 70 valence electrons. The van der Waals surface area contributed by atoms with Gasteiger partial charge >= 0.3 is 0 Å². The molecule has 0 N–H and O–H groups in total. The lowest BCUT2D eigenvalue weighted by Crippen LogP contribution is -2.30. The summed E-state index contributed by atoms with van der Waals surface area (Å²) in [6.45, 7) is 11.1. The van der Waals surface area contributed by atoms with Gasteiger partial charge in [-0.25, -0.2) is 0 Å². The molecule has 0 aromatic rings. The van der Waals surface area contributed by atoms with Gasteiger partial charge in [-0.05, 0) is 33.9 Å². The largest absolute Gasteiger partial charge is 0.299 e. The molecule has 0 aromatic heterocycles. The van der Waals surface area contributed by atoms with Crippen molar-refractivity contribution in [1.82, 2.24) is 4.90 Å². The van der Waals surface area contributed by atoms with E-state index in [1.807, 2.05) is 13.1 Å². The molecular formula is C10H20N2. The molecule has 0 aliphatic heterocycles. The van der Waals surface area contributed by atoms with E-state index in [0.717, 1.165) is 12.2 Å². The van der Waals surface area contributed by atoms with Gasteiger partial charge in [0, 0.05) is 18.0 Å². The molecule has 1 atom stereocenters. The van der Waals surface area contributed by atoms with Crippen LogP contribution in [0.2, 0.25) is 0 Å². The van der Waals surface area contributed by atoms with Gasteiger partial charge in [0.25, 0.3) is 0 Å². The molecule has 0 aromatic carbocycles. The second-order valence-electron chi connectivity index (χ2n) is 3.23. The maximum atomic E-state index is 4.17. The Bertz CT molecular complexity index is 161. The quantitative estimate of drug-likeness (QED) is 0.575. The first-order chi connectivity index (χ1) is 5.57. The number of hydrogen-bond donors (Lipinski definition) is 0. The van der Waals surface area contributed by atoms with E-state index in [2.05, 4.69) is 37.4 Å². The van der Waals surface area contributed by atoms with Crippen LogP contribution >= 0.6 is 0 Å². The standard InChI is InChI=1S/C10H20N2/c1-6-7-12(5)10(4)8-11-9(2)3/h8,10H,2,6-7H2,1,3-5H3. The Labute approximate surface area is 76.0 Å². The van der Waals surface area contributed by atoms with E-state index in [1.54, 1.807) is 0 Å². The van der Waals surface area contributed by atoms with Crippen LogP contribution in [-0.4, -0.2) is 30.7 Å². The van der Waals surface area contributed by atoms with Gasteiger partial charge in [0.15, 0.2) is 0 Å². The summed E-state index contributed by atoms with van der Waals surface area (Å²) in [5.74, 6) is 0. The van der Waals surface area contributed by atoms with Crippen molar-refractivity contribution in [3.05, 3.63) is 12.3 Å². The van der Waals surface area contributed by atoms with E-state index in [1.165, 1.54) is 6.42 Å². The Balaban J connectivity index is 3.85. The number of rotatable bonds is 5. The molecule has 0 aliphatic rings. The van der Waals surface area contributed by atoms with Crippen molar-refractivity contribution in [1.29, 1.82) is 0 Å². The van der Waals surface area contributed by atoms with Gasteiger partial charge in [0.05, 0.1) is 0 Å². The Morgan fingerprint density at radius 3 is 2.67 bits per heavy atom. The van der Waals surface area contributed by atoms with Crippen LogP contribution in [0.5, 0.6) is 0 Å². The van der Waals surface area contributed by atoms with Crippen LogP contribution < -0.4 is 0 Å². The van der Waals surface area contributed by atoms with Crippen molar-refractivity contribution in [3.8, 4) is 0 Å². The molecule has 1 unspecified atom stereocenters. The number of aliphatic imine (C=N–C) groups is 1. The summed E-state index contributed by atoms with van der Waals surface area (Å²) in [5.41, 5.74) is 0.867. The molecule has 0 amide bonds. The molecular weight excluding hydrogens is 148 g/mol. The van der Waals surface area contributed by atoms with Crippen molar-refractivity contribution >= 4 is 6.21 Å². The van der Waals surface area contributed by atoms with Crippen molar-refractivity contribution in [2.75, 3.05) is 13.6 Å². The van der Waals surface area contributed by atoms with Crippen LogP contribution in [0, 0.1) is 0 Å². The molecule has 0 aliphatic carbocycles. The topological polar surface area (TPSA) is 15.6 Å². The van der Waals surface area contributed by atoms with E-state index in [0.29, 0.717) is 6.04 Å². The Hall–Kier alpha value is -0.630. The second kappa shape index (κ2) is 5.95. The summed E-state index contributed by atoms with van der Waals surface area (Å²) < 4.78 is 0. The predicted octanol–water partition coefficient (Wildman–Crippen LogP) is 2.32. The monoisotopic (exact) mass is 168 g/mol. The van der Waals surface area contributed by atoms with E-state index in [9.17, 15) is 0 Å². The summed E-state index contributed by atoms with van der Waals surface area (Å²) in [7, 11) is 2.11. The lowest BCUT2D eigenvalue weighted by molar-refractivity contribution is 0.315. The third-order valence-corrected chi connectivity index (χ3v) is 1.78. The van der Waals surface area contributed by atoms with Gasteiger partial charge in [0.1, 0.15) is 0 Å². The summed E-state index contributed by atoms with van der Waals surface area (Å²) in [6, 6.07) is 0.404. The molecule has 0 rings (SSSR count). The maximum Gasteiger partial charge on any atom is 0.0419 e. The van der Waals surface area contributed by atoms with Crippen LogP contribution in [0.15, 0.2) is 17.3 Å². The second-order valence-corrected chi connectivity index (χ2v) is 3.23. The fourth-order valence-electron chi connectivity index (χ4n) is 0.905. The number of hydrogen-bond acceptors (Lipinski definition) is 2. The SMILES string of the molecule is C=C(C)N=CC(C)N(C)CCC. The summed E-state index contributed by atoms with van der Waals surface area (Å²) in [5, 5.41) is 0.